The molecule has 0 amide bonds. The Morgan fingerprint density at radius 2 is 2.17 bits per heavy atom. The van der Waals surface area contributed by atoms with E-state index >= 15 is 0 Å². The minimum absolute atomic E-state index is 0.242. The van der Waals surface area contributed by atoms with Gasteiger partial charge in [0.05, 0.1) is 12.8 Å². The number of rotatable bonds is 9. The van der Waals surface area contributed by atoms with Crippen molar-refractivity contribution in [1.29, 1.82) is 0 Å². The first-order chi connectivity index (χ1) is 8.69. The zero-order chi connectivity index (χ0) is 13.4. The third-order valence-electron chi connectivity index (χ3n) is 2.98. The van der Waals surface area contributed by atoms with Crippen LogP contribution >= 0.6 is 0 Å². The Balaban J connectivity index is 2.22. The molecule has 0 atom stereocenters. The molecule has 0 fully saturated rings. The Morgan fingerprint density at radius 3 is 2.78 bits per heavy atom. The second-order valence-corrected chi connectivity index (χ2v) is 4.12. The molecule has 5 heteroatoms. The molecule has 1 aromatic rings. The molecule has 0 saturated heterocycles. The van der Waals surface area contributed by atoms with Crippen LogP contribution in [0.25, 0.3) is 0 Å². The summed E-state index contributed by atoms with van der Waals surface area (Å²) in [4.78, 5) is 13.2. The van der Waals surface area contributed by atoms with Crippen molar-refractivity contribution in [2.24, 2.45) is 0 Å². The quantitative estimate of drug-likeness (QED) is 0.658. The fourth-order valence-electron chi connectivity index (χ4n) is 1.84. The molecule has 0 saturated carbocycles. The van der Waals surface area contributed by atoms with Gasteiger partial charge in [-0.1, -0.05) is 13.8 Å². The summed E-state index contributed by atoms with van der Waals surface area (Å²) in [7, 11) is 0. The number of hydrogen-bond donors (Lipinski definition) is 2. The summed E-state index contributed by atoms with van der Waals surface area (Å²) in [5, 5.41) is 12.1. The smallest absolute Gasteiger partial charge is 0.339 e. The number of hydrogen-bond acceptors (Lipinski definition) is 4. The van der Waals surface area contributed by atoms with E-state index in [1.54, 1.807) is 0 Å². The molecule has 0 spiro atoms. The summed E-state index contributed by atoms with van der Waals surface area (Å²) in [6.07, 6.45) is 2.46. The van der Waals surface area contributed by atoms with Gasteiger partial charge in [0, 0.05) is 0 Å². The average molecular weight is 254 g/mol. The van der Waals surface area contributed by atoms with Gasteiger partial charge >= 0.3 is 5.97 Å². The Hall–Kier alpha value is -1.33. The van der Waals surface area contributed by atoms with Crippen LogP contribution in [0.4, 0.5) is 0 Å². The van der Waals surface area contributed by atoms with Crippen LogP contribution in [-0.4, -0.2) is 42.2 Å². The second kappa shape index (κ2) is 7.89. The molecule has 1 aromatic heterocycles. The predicted octanol–water partition coefficient (Wildman–Crippen LogP) is 1.80. The highest BCUT2D eigenvalue weighted by atomic mass is 16.4. The molecule has 2 N–H and O–H groups in total. The van der Waals surface area contributed by atoms with Crippen LogP contribution in [0, 0.1) is 0 Å². The van der Waals surface area contributed by atoms with E-state index in [4.69, 9.17) is 9.52 Å². The summed E-state index contributed by atoms with van der Waals surface area (Å²) in [6.45, 7) is 8.82. The monoisotopic (exact) mass is 254 g/mol. The molecule has 0 aromatic carbocycles. The average Bonchev–Trinajstić information content (AvgIpc) is 2.82. The number of furan rings is 1. The molecule has 1 rings (SSSR count). The van der Waals surface area contributed by atoms with Crippen LogP contribution in [0.1, 0.15) is 36.4 Å². The molecule has 1 heterocycles. The van der Waals surface area contributed by atoms with Gasteiger partial charge in [-0.25, -0.2) is 4.79 Å². The predicted molar refractivity (Wildman–Crippen MR) is 69.8 cm³/mol. The van der Waals surface area contributed by atoms with E-state index in [1.165, 1.54) is 12.3 Å². The Kier molecular flexibility index (Phi) is 6.46. The van der Waals surface area contributed by atoms with Gasteiger partial charge in [0.2, 0.25) is 0 Å². The third kappa shape index (κ3) is 4.50. The molecule has 18 heavy (non-hydrogen) atoms. The van der Waals surface area contributed by atoms with Crippen LogP contribution < -0.4 is 5.32 Å². The van der Waals surface area contributed by atoms with Crippen molar-refractivity contribution in [2.45, 2.75) is 26.8 Å². The summed E-state index contributed by atoms with van der Waals surface area (Å²) in [5.74, 6) is -0.450. The van der Waals surface area contributed by atoms with Gasteiger partial charge in [0.15, 0.2) is 0 Å². The fourth-order valence-corrected chi connectivity index (χ4v) is 1.84. The number of nitrogens with one attached hydrogen (secondary N) is 1. The van der Waals surface area contributed by atoms with Crippen LogP contribution in [0.2, 0.25) is 0 Å². The Labute approximate surface area is 108 Å². The zero-order valence-corrected chi connectivity index (χ0v) is 11.1. The molecule has 102 valence electrons. The van der Waals surface area contributed by atoms with Gasteiger partial charge < -0.3 is 19.7 Å². The number of carboxylic acid groups (broad SMARTS) is 1. The van der Waals surface area contributed by atoms with Crippen molar-refractivity contribution in [3.05, 3.63) is 23.7 Å². The Morgan fingerprint density at radius 1 is 1.44 bits per heavy atom. The molecule has 0 bridgehead atoms. The first-order valence-electron chi connectivity index (χ1n) is 6.41. The summed E-state index contributed by atoms with van der Waals surface area (Å²) in [5.41, 5.74) is 0.242. The molecule has 0 aliphatic heterocycles. The van der Waals surface area contributed by atoms with Gasteiger partial charge in [-0.15, -0.1) is 0 Å². The lowest BCUT2D eigenvalue weighted by molar-refractivity contribution is 0.0694. The van der Waals surface area contributed by atoms with E-state index < -0.39 is 5.97 Å². The fraction of sp³-hybridized carbons (Fsp3) is 0.615. The van der Waals surface area contributed by atoms with E-state index in [0.717, 1.165) is 32.6 Å². The Bertz CT molecular complexity index is 359. The molecule has 0 aliphatic rings. The van der Waals surface area contributed by atoms with Gasteiger partial charge in [-0.2, -0.15) is 0 Å². The standard InChI is InChI=1S/C13H22N2O3/c1-3-15(4-2)8-5-7-14-10-12-11(13(16)17)6-9-18-12/h6,9,14H,3-5,7-8,10H2,1-2H3,(H,16,17). The molecule has 0 radical (unpaired) electrons. The van der Waals surface area contributed by atoms with Gasteiger partial charge in [-0.3, -0.25) is 0 Å². The lowest BCUT2D eigenvalue weighted by Gasteiger charge is -2.17. The number of aromatic carboxylic acids is 1. The molecular weight excluding hydrogens is 232 g/mol. The maximum absolute atomic E-state index is 10.8. The lowest BCUT2D eigenvalue weighted by atomic mass is 10.2. The van der Waals surface area contributed by atoms with Crippen LogP contribution in [-0.2, 0) is 6.54 Å². The summed E-state index contributed by atoms with van der Waals surface area (Å²) >= 11 is 0. The van der Waals surface area contributed by atoms with Crippen LogP contribution in [0.3, 0.4) is 0 Å². The third-order valence-corrected chi connectivity index (χ3v) is 2.98. The highest BCUT2D eigenvalue weighted by Crippen LogP contribution is 2.09. The normalized spacial score (nSPS) is 11.1. The first-order valence-corrected chi connectivity index (χ1v) is 6.41. The lowest BCUT2D eigenvalue weighted by Crippen LogP contribution is -2.27. The SMILES string of the molecule is CCN(CC)CCCNCc1occc1C(=O)O. The van der Waals surface area contributed by atoms with Crippen molar-refractivity contribution >= 4 is 5.97 Å². The van der Waals surface area contributed by atoms with E-state index in [9.17, 15) is 4.79 Å². The second-order valence-electron chi connectivity index (χ2n) is 4.12. The van der Waals surface area contributed by atoms with Crippen molar-refractivity contribution in [3.8, 4) is 0 Å². The van der Waals surface area contributed by atoms with Crippen molar-refractivity contribution < 1.29 is 14.3 Å². The molecular formula is C13H22N2O3. The molecule has 0 unspecified atom stereocenters. The minimum atomic E-state index is -0.941. The van der Waals surface area contributed by atoms with Crippen molar-refractivity contribution in [2.75, 3.05) is 26.2 Å². The number of carbonyl (C=O) groups is 1. The van der Waals surface area contributed by atoms with Gasteiger partial charge in [-0.05, 0) is 38.7 Å². The highest BCUT2D eigenvalue weighted by Gasteiger charge is 2.12. The first kappa shape index (κ1) is 14.7. The van der Waals surface area contributed by atoms with E-state index in [1.807, 2.05) is 0 Å². The minimum Gasteiger partial charge on any atom is -0.478 e. The largest absolute Gasteiger partial charge is 0.478 e. The van der Waals surface area contributed by atoms with E-state index in [0.29, 0.717) is 12.3 Å². The summed E-state index contributed by atoms with van der Waals surface area (Å²) in [6, 6.07) is 1.48. The molecule has 0 aliphatic carbocycles. The van der Waals surface area contributed by atoms with E-state index in [2.05, 4.69) is 24.1 Å². The molecule has 5 nitrogen and oxygen atoms in total. The van der Waals surface area contributed by atoms with Crippen molar-refractivity contribution in [3.63, 3.8) is 0 Å². The number of carboxylic acids is 1. The number of nitrogens with zero attached hydrogens (tertiary/aromatic N) is 1. The van der Waals surface area contributed by atoms with E-state index in [-0.39, 0.29) is 5.56 Å². The van der Waals surface area contributed by atoms with Gasteiger partial charge in [0.25, 0.3) is 0 Å². The van der Waals surface area contributed by atoms with Crippen LogP contribution in [0.5, 0.6) is 0 Å². The maximum atomic E-state index is 10.8. The van der Waals surface area contributed by atoms with Crippen molar-refractivity contribution in [1.82, 2.24) is 10.2 Å². The topological polar surface area (TPSA) is 65.7 Å². The van der Waals surface area contributed by atoms with Crippen LogP contribution in [0.15, 0.2) is 16.7 Å². The van der Waals surface area contributed by atoms with Gasteiger partial charge in [0.1, 0.15) is 11.3 Å². The highest BCUT2D eigenvalue weighted by molar-refractivity contribution is 5.88. The summed E-state index contributed by atoms with van der Waals surface area (Å²) < 4.78 is 5.14. The maximum Gasteiger partial charge on any atom is 0.339 e. The zero-order valence-electron chi connectivity index (χ0n) is 11.1.